The first-order valence-corrected chi connectivity index (χ1v) is 12.7. The highest BCUT2D eigenvalue weighted by Gasteiger charge is 2.42. The number of carbonyl (C=O) groups excluding carboxylic acids is 1. The van der Waals surface area contributed by atoms with Crippen LogP contribution in [-0.2, 0) is 17.0 Å². The Labute approximate surface area is 217 Å². The number of pyridine rings is 1. The fourth-order valence-electron chi connectivity index (χ4n) is 5.10. The van der Waals surface area contributed by atoms with Crippen LogP contribution in [0.4, 0.5) is 0 Å². The molecule has 1 fully saturated rings. The molecule has 0 bridgehead atoms. The Morgan fingerprint density at radius 3 is 2.72 bits per heavy atom. The Bertz CT molecular complexity index is 1310. The van der Waals surface area contributed by atoms with Crippen molar-refractivity contribution in [2.75, 3.05) is 13.1 Å². The van der Waals surface area contributed by atoms with Crippen LogP contribution < -0.4 is 4.74 Å². The van der Waals surface area contributed by atoms with Crippen LogP contribution in [0, 0.1) is 0 Å². The molecule has 5 nitrogen and oxygen atoms in total. The number of ether oxygens (including phenoxy) is 1. The molecule has 6 heteroatoms. The molecule has 3 unspecified atom stereocenters. The van der Waals surface area contributed by atoms with E-state index >= 15 is 0 Å². The highest BCUT2D eigenvalue weighted by Crippen LogP contribution is 2.39. The van der Waals surface area contributed by atoms with Crippen molar-refractivity contribution >= 4 is 23.0 Å². The van der Waals surface area contributed by atoms with Crippen LogP contribution in [0.5, 0.6) is 5.75 Å². The average Bonchev–Trinajstić information content (AvgIpc) is 3.62. The number of nitrogens with zero attached hydrogens (tertiary/aromatic N) is 2. The monoisotopic (exact) mass is 502 g/mol. The molecule has 1 saturated heterocycles. The molecule has 0 aliphatic carbocycles. The molecule has 3 atom stereocenters. The van der Waals surface area contributed by atoms with Gasteiger partial charge >= 0.3 is 0 Å². The van der Waals surface area contributed by atoms with Crippen molar-refractivity contribution in [2.24, 2.45) is 0 Å². The van der Waals surface area contributed by atoms with E-state index in [1.54, 1.807) is 27.0 Å². The zero-order valence-corrected chi connectivity index (χ0v) is 21.6. The molecular weight excluding hydrogens is 472 g/mol. The second-order valence-corrected chi connectivity index (χ2v) is 10.6. The summed E-state index contributed by atoms with van der Waals surface area (Å²) in [6.45, 7) is 7.40. The molecule has 3 heterocycles. The van der Waals surface area contributed by atoms with Crippen molar-refractivity contribution < 1.29 is 14.6 Å². The summed E-state index contributed by atoms with van der Waals surface area (Å²) >= 11 is 6.05. The molecule has 186 valence electrons. The zero-order chi connectivity index (χ0) is 25.4. The maximum absolute atomic E-state index is 12.5. The van der Waals surface area contributed by atoms with Gasteiger partial charge in [-0.1, -0.05) is 41.9 Å². The van der Waals surface area contributed by atoms with Gasteiger partial charge in [-0.3, -0.25) is 14.7 Å². The van der Waals surface area contributed by atoms with Crippen LogP contribution >= 0.6 is 11.6 Å². The van der Waals surface area contributed by atoms with E-state index in [1.165, 1.54) is 0 Å². The maximum Gasteiger partial charge on any atom is 0.138 e. The number of halogens is 1. The Morgan fingerprint density at radius 2 is 2.00 bits per heavy atom. The minimum Gasteiger partial charge on any atom is -0.487 e. The fourth-order valence-corrected chi connectivity index (χ4v) is 5.22. The Hall–Kier alpha value is -2.99. The van der Waals surface area contributed by atoms with E-state index < -0.39 is 5.60 Å². The van der Waals surface area contributed by atoms with Crippen molar-refractivity contribution in [1.29, 1.82) is 0 Å². The molecular formula is C30H31ClN2O3. The topological polar surface area (TPSA) is 62.4 Å². The molecule has 1 aromatic heterocycles. The Kier molecular flexibility index (Phi) is 6.73. The maximum atomic E-state index is 12.5. The molecule has 0 saturated carbocycles. The Morgan fingerprint density at radius 1 is 1.22 bits per heavy atom. The standard InChI is InChI=1S/C30H31ClN2O3/c1-19(34)29(20-8-11-22(31)12-9-20)27-17-33(27)15-5-7-23-24-6-4-14-32-26(24)18-36-28-13-10-21(16-25(23)28)30(2,3)35/h4,6-14,16,27,29,35H,5,15,17-18H2,1-3H3/b23-7+. The van der Waals surface area contributed by atoms with Crippen LogP contribution in [0.15, 0.2) is 66.9 Å². The normalized spacial score (nSPS) is 20.6. The predicted molar refractivity (Wildman–Crippen MR) is 142 cm³/mol. The first-order chi connectivity index (χ1) is 17.2. The summed E-state index contributed by atoms with van der Waals surface area (Å²) in [4.78, 5) is 19.4. The first kappa shape index (κ1) is 24.7. The second-order valence-electron chi connectivity index (χ2n) is 10.2. The number of benzene rings is 2. The molecule has 3 aromatic rings. The molecule has 0 amide bonds. The summed E-state index contributed by atoms with van der Waals surface area (Å²) in [5.74, 6) is 0.828. The van der Waals surface area contributed by atoms with Gasteiger partial charge < -0.3 is 9.84 Å². The van der Waals surface area contributed by atoms with E-state index in [2.05, 4.69) is 22.0 Å². The lowest BCUT2D eigenvalue weighted by atomic mass is 9.90. The average molecular weight is 503 g/mol. The first-order valence-electron chi connectivity index (χ1n) is 12.4. The quantitative estimate of drug-likeness (QED) is 0.418. The van der Waals surface area contributed by atoms with Gasteiger partial charge in [-0.2, -0.15) is 0 Å². The van der Waals surface area contributed by atoms with Gasteiger partial charge in [-0.25, -0.2) is 0 Å². The minimum atomic E-state index is -0.958. The third-order valence-electron chi connectivity index (χ3n) is 7.09. The Balaban J connectivity index is 1.39. The summed E-state index contributed by atoms with van der Waals surface area (Å²) < 4.78 is 6.10. The van der Waals surface area contributed by atoms with E-state index in [0.29, 0.717) is 11.6 Å². The second kappa shape index (κ2) is 9.81. The van der Waals surface area contributed by atoms with Gasteiger partial charge in [0.2, 0.25) is 0 Å². The number of carbonyl (C=O) groups is 1. The minimum absolute atomic E-state index is 0.138. The van der Waals surface area contributed by atoms with E-state index in [-0.39, 0.29) is 17.7 Å². The zero-order valence-electron chi connectivity index (χ0n) is 20.9. The third-order valence-corrected chi connectivity index (χ3v) is 7.35. The molecule has 1 N–H and O–H groups in total. The van der Waals surface area contributed by atoms with Crippen LogP contribution in [0.2, 0.25) is 5.02 Å². The number of hydrogen-bond acceptors (Lipinski definition) is 5. The van der Waals surface area contributed by atoms with Gasteiger partial charge in [0.25, 0.3) is 0 Å². The van der Waals surface area contributed by atoms with Gasteiger partial charge in [-0.15, -0.1) is 0 Å². The van der Waals surface area contributed by atoms with E-state index in [4.69, 9.17) is 16.3 Å². The number of ketones is 1. The highest BCUT2D eigenvalue weighted by molar-refractivity contribution is 6.30. The SMILES string of the molecule is CC(=O)C(c1ccc(Cl)cc1)C1CN1CC/C=C1/c2cc(C(C)(C)O)ccc2OCc2ncccc21. The molecule has 2 aromatic carbocycles. The summed E-state index contributed by atoms with van der Waals surface area (Å²) in [6.07, 6.45) is 4.84. The molecule has 2 aliphatic rings. The lowest BCUT2D eigenvalue weighted by molar-refractivity contribution is -0.118. The number of aliphatic hydroxyl groups is 1. The van der Waals surface area contributed by atoms with Crippen molar-refractivity contribution in [3.63, 3.8) is 0 Å². The number of rotatable bonds is 7. The number of aromatic nitrogens is 1. The number of Topliss-reactive ketones (excluding diaryl/α,β-unsaturated/α-hetero) is 1. The van der Waals surface area contributed by atoms with Gasteiger partial charge in [0, 0.05) is 41.5 Å². The summed E-state index contributed by atoms with van der Waals surface area (Å²) in [5.41, 5.74) is 4.87. The van der Waals surface area contributed by atoms with Crippen LogP contribution in [0.25, 0.3) is 5.57 Å². The molecule has 0 spiro atoms. The van der Waals surface area contributed by atoms with Crippen LogP contribution in [-0.4, -0.2) is 39.9 Å². The molecule has 2 aliphatic heterocycles. The predicted octanol–water partition coefficient (Wildman–Crippen LogP) is 5.73. The fraction of sp³-hybridized carbons (Fsp3) is 0.333. The lowest BCUT2D eigenvalue weighted by Gasteiger charge is -2.20. The lowest BCUT2D eigenvalue weighted by Crippen LogP contribution is -2.19. The van der Waals surface area contributed by atoms with E-state index in [0.717, 1.165) is 58.8 Å². The smallest absolute Gasteiger partial charge is 0.138 e. The van der Waals surface area contributed by atoms with Gasteiger partial charge in [0.15, 0.2) is 0 Å². The number of hydrogen-bond donors (Lipinski definition) is 1. The van der Waals surface area contributed by atoms with E-state index in [1.807, 2.05) is 48.5 Å². The van der Waals surface area contributed by atoms with Crippen molar-refractivity contribution in [2.45, 2.75) is 51.4 Å². The van der Waals surface area contributed by atoms with Crippen molar-refractivity contribution in [3.05, 3.63) is 99.8 Å². The van der Waals surface area contributed by atoms with Crippen LogP contribution in [0.3, 0.4) is 0 Å². The van der Waals surface area contributed by atoms with Crippen LogP contribution in [0.1, 0.15) is 61.1 Å². The summed E-state index contributed by atoms with van der Waals surface area (Å²) in [7, 11) is 0. The van der Waals surface area contributed by atoms with E-state index in [9.17, 15) is 9.90 Å². The van der Waals surface area contributed by atoms with Gasteiger partial charge in [0.05, 0.1) is 17.2 Å². The van der Waals surface area contributed by atoms with Crippen molar-refractivity contribution in [3.8, 4) is 5.75 Å². The molecule has 36 heavy (non-hydrogen) atoms. The van der Waals surface area contributed by atoms with Gasteiger partial charge in [0.1, 0.15) is 18.1 Å². The van der Waals surface area contributed by atoms with Crippen molar-refractivity contribution in [1.82, 2.24) is 9.88 Å². The third kappa shape index (κ3) is 5.10. The number of fused-ring (bicyclic) bond motifs is 2. The summed E-state index contributed by atoms with van der Waals surface area (Å²) in [6, 6.07) is 17.7. The molecule has 5 rings (SSSR count). The summed E-state index contributed by atoms with van der Waals surface area (Å²) in [5, 5.41) is 11.3. The van der Waals surface area contributed by atoms with Gasteiger partial charge in [-0.05, 0) is 74.2 Å². The molecule has 0 radical (unpaired) electrons. The largest absolute Gasteiger partial charge is 0.487 e. The highest BCUT2D eigenvalue weighted by atomic mass is 35.5.